The standard InChI is InChI=1S/C22H36O2/c1-16(14-24-15-17-8-5-6-12-21(17,2)3)18-10-11-19-20(23)9-7-13-22(18,19)4/h8,16,18-19H,5-7,9-15H2,1-4H3/t16-,18-,19+,22-/m1/s1. The van der Waals surface area contributed by atoms with Crippen LogP contribution >= 0.6 is 0 Å². The maximum Gasteiger partial charge on any atom is 0.136 e. The van der Waals surface area contributed by atoms with E-state index in [0.717, 1.165) is 32.5 Å². The van der Waals surface area contributed by atoms with Crippen molar-refractivity contribution in [2.24, 2.45) is 28.6 Å². The van der Waals surface area contributed by atoms with Crippen LogP contribution in [0.4, 0.5) is 0 Å². The summed E-state index contributed by atoms with van der Waals surface area (Å²) in [5.74, 6) is 2.07. The van der Waals surface area contributed by atoms with Gasteiger partial charge in [0.2, 0.25) is 0 Å². The first kappa shape index (κ1) is 18.2. The number of ketones is 1. The number of ether oxygens (including phenoxy) is 1. The average Bonchev–Trinajstić information content (AvgIpc) is 2.87. The number of fused-ring (bicyclic) bond motifs is 1. The lowest BCUT2D eigenvalue weighted by Gasteiger charge is -2.42. The van der Waals surface area contributed by atoms with Crippen LogP contribution in [0.3, 0.4) is 0 Å². The van der Waals surface area contributed by atoms with Gasteiger partial charge in [-0.05, 0) is 73.2 Å². The second-order valence-corrected chi connectivity index (χ2v) is 9.56. The van der Waals surface area contributed by atoms with E-state index in [1.807, 2.05) is 0 Å². The van der Waals surface area contributed by atoms with Crippen LogP contribution in [0.15, 0.2) is 11.6 Å². The second-order valence-electron chi connectivity index (χ2n) is 9.56. The lowest BCUT2D eigenvalue weighted by molar-refractivity contribution is -0.130. The van der Waals surface area contributed by atoms with Gasteiger partial charge in [-0.2, -0.15) is 0 Å². The molecule has 0 amide bonds. The van der Waals surface area contributed by atoms with E-state index < -0.39 is 0 Å². The first-order valence-electron chi connectivity index (χ1n) is 10.1. The smallest absolute Gasteiger partial charge is 0.136 e. The largest absolute Gasteiger partial charge is 0.377 e. The zero-order valence-corrected chi connectivity index (χ0v) is 16.2. The lowest BCUT2D eigenvalue weighted by Crippen LogP contribution is -2.40. The molecule has 0 aromatic rings. The fourth-order valence-corrected chi connectivity index (χ4v) is 5.89. The third-order valence-electron chi connectivity index (χ3n) is 7.53. The number of carbonyl (C=O) groups is 1. The molecular formula is C22H36O2. The number of carbonyl (C=O) groups excluding carboxylic acids is 1. The molecule has 0 aromatic heterocycles. The Hall–Kier alpha value is -0.630. The normalized spacial score (nSPS) is 37.0. The Morgan fingerprint density at radius 2 is 2.00 bits per heavy atom. The van der Waals surface area contributed by atoms with Crippen molar-refractivity contribution in [2.75, 3.05) is 13.2 Å². The van der Waals surface area contributed by atoms with Gasteiger partial charge in [0.15, 0.2) is 0 Å². The van der Waals surface area contributed by atoms with Crippen LogP contribution in [0.5, 0.6) is 0 Å². The first-order valence-corrected chi connectivity index (χ1v) is 10.1. The molecule has 0 N–H and O–H groups in total. The first-order chi connectivity index (χ1) is 11.3. The number of Topliss-reactive ketones (excluding diaryl/α,β-unsaturated/α-hetero) is 1. The minimum absolute atomic E-state index is 0.238. The van der Waals surface area contributed by atoms with E-state index in [1.54, 1.807) is 0 Å². The molecule has 3 aliphatic carbocycles. The number of allylic oxidation sites excluding steroid dienone is 1. The zero-order chi connectivity index (χ0) is 17.4. The molecule has 2 saturated carbocycles. The van der Waals surface area contributed by atoms with Gasteiger partial charge in [-0.3, -0.25) is 4.79 Å². The number of hydrogen-bond acceptors (Lipinski definition) is 2. The molecule has 2 nitrogen and oxygen atoms in total. The highest BCUT2D eigenvalue weighted by molar-refractivity contribution is 5.83. The van der Waals surface area contributed by atoms with Crippen molar-refractivity contribution in [1.29, 1.82) is 0 Å². The maximum absolute atomic E-state index is 12.3. The Bertz CT molecular complexity index is 504. The topological polar surface area (TPSA) is 26.3 Å². The Morgan fingerprint density at radius 3 is 2.75 bits per heavy atom. The molecule has 24 heavy (non-hydrogen) atoms. The molecule has 0 spiro atoms. The predicted octanol–water partition coefficient (Wildman–Crippen LogP) is 5.56. The van der Waals surface area contributed by atoms with Crippen LogP contribution in [0.25, 0.3) is 0 Å². The number of rotatable bonds is 5. The summed E-state index contributed by atoms with van der Waals surface area (Å²) in [6.07, 6.45) is 11.7. The summed E-state index contributed by atoms with van der Waals surface area (Å²) in [6, 6.07) is 0. The predicted molar refractivity (Wildman–Crippen MR) is 98.9 cm³/mol. The summed E-state index contributed by atoms with van der Waals surface area (Å²) in [6.45, 7) is 11.1. The van der Waals surface area contributed by atoms with Crippen molar-refractivity contribution in [1.82, 2.24) is 0 Å². The van der Waals surface area contributed by atoms with Gasteiger partial charge in [0.25, 0.3) is 0 Å². The minimum atomic E-state index is 0.238. The van der Waals surface area contributed by atoms with Gasteiger partial charge in [0.05, 0.1) is 6.61 Å². The Morgan fingerprint density at radius 1 is 1.21 bits per heavy atom. The molecule has 2 fully saturated rings. The van der Waals surface area contributed by atoms with E-state index in [4.69, 9.17) is 4.74 Å². The molecular weight excluding hydrogens is 296 g/mol. The van der Waals surface area contributed by atoms with Crippen LogP contribution in [-0.4, -0.2) is 19.0 Å². The summed E-state index contributed by atoms with van der Waals surface area (Å²) in [5, 5.41) is 0. The van der Waals surface area contributed by atoms with Crippen molar-refractivity contribution in [3.05, 3.63) is 11.6 Å². The van der Waals surface area contributed by atoms with E-state index in [0.29, 0.717) is 29.0 Å². The van der Waals surface area contributed by atoms with Crippen molar-refractivity contribution in [3.63, 3.8) is 0 Å². The minimum Gasteiger partial charge on any atom is -0.377 e. The lowest BCUT2D eigenvalue weighted by atomic mass is 9.62. The average molecular weight is 333 g/mol. The Balaban J connectivity index is 1.55. The molecule has 2 heteroatoms. The molecule has 4 atom stereocenters. The van der Waals surface area contributed by atoms with Crippen LogP contribution in [0.1, 0.15) is 79.1 Å². The fourth-order valence-electron chi connectivity index (χ4n) is 5.89. The van der Waals surface area contributed by atoms with E-state index in [-0.39, 0.29) is 5.41 Å². The van der Waals surface area contributed by atoms with Gasteiger partial charge in [-0.25, -0.2) is 0 Å². The molecule has 0 aliphatic heterocycles. The highest BCUT2D eigenvalue weighted by atomic mass is 16.5. The van der Waals surface area contributed by atoms with E-state index >= 15 is 0 Å². The van der Waals surface area contributed by atoms with Crippen LogP contribution in [-0.2, 0) is 9.53 Å². The highest BCUT2D eigenvalue weighted by Crippen LogP contribution is 2.56. The van der Waals surface area contributed by atoms with Crippen LogP contribution < -0.4 is 0 Å². The Labute approximate surface area is 148 Å². The van der Waals surface area contributed by atoms with E-state index in [9.17, 15) is 4.79 Å². The third-order valence-corrected chi connectivity index (χ3v) is 7.53. The monoisotopic (exact) mass is 332 g/mol. The van der Waals surface area contributed by atoms with Crippen LogP contribution in [0, 0.1) is 28.6 Å². The van der Waals surface area contributed by atoms with Crippen LogP contribution in [0.2, 0.25) is 0 Å². The molecule has 3 rings (SSSR count). The van der Waals surface area contributed by atoms with Gasteiger partial charge in [-0.1, -0.05) is 33.8 Å². The zero-order valence-electron chi connectivity index (χ0n) is 16.2. The van der Waals surface area contributed by atoms with Gasteiger partial charge in [-0.15, -0.1) is 0 Å². The Kier molecular flexibility index (Phi) is 5.25. The van der Waals surface area contributed by atoms with Gasteiger partial charge >= 0.3 is 0 Å². The molecule has 0 radical (unpaired) electrons. The molecule has 0 saturated heterocycles. The SMILES string of the molecule is C[C@H](COCC1=CCCCC1(C)C)[C@H]1CC[C@H]2C(=O)CCC[C@]12C. The maximum atomic E-state index is 12.3. The van der Waals surface area contributed by atoms with Gasteiger partial charge < -0.3 is 4.74 Å². The second kappa shape index (κ2) is 6.94. The molecule has 0 bridgehead atoms. The molecule has 3 aliphatic rings. The van der Waals surface area contributed by atoms with Crippen molar-refractivity contribution in [3.8, 4) is 0 Å². The van der Waals surface area contributed by atoms with Gasteiger partial charge in [0, 0.05) is 18.9 Å². The molecule has 0 aromatic carbocycles. The summed E-state index contributed by atoms with van der Waals surface area (Å²) < 4.78 is 6.18. The van der Waals surface area contributed by atoms with E-state index in [2.05, 4.69) is 33.8 Å². The number of hydrogen-bond donors (Lipinski definition) is 0. The van der Waals surface area contributed by atoms with Gasteiger partial charge in [0.1, 0.15) is 5.78 Å². The summed E-state index contributed by atoms with van der Waals surface area (Å²) in [4.78, 5) is 12.3. The van der Waals surface area contributed by atoms with E-state index in [1.165, 1.54) is 37.7 Å². The third kappa shape index (κ3) is 3.36. The van der Waals surface area contributed by atoms with Crippen molar-refractivity contribution < 1.29 is 9.53 Å². The summed E-state index contributed by atoms with van der Waals surface area (Å²) >= 11 is 0. The molecule has 0 unspecified atom stereocenters. The fraction of sp³-hybridized carbons (Fsp3) is 0.864. The molecule has 0 heterocycles. The highest BCUT2D eigenvalue weighted by Gasteiger charge is 2.52. The summed E-state index contributed by atoms with van der Waals surface area (Å²) in [5.41, 5.74) is 2.03. The quantitative estimate of drug-likeness (QED) is 0.616. The van der Waals surface area contributed by atoms with Crippen molar-refractivity contribution in [2.45, 2.75) is 79.1 Å². The van der Waals surface area contributed by atoms with Crippen molar-refractivity contribution >= 4 is 5.78 Å². The molecule has 136 valence electrons. The summed E-state index contributed by atoms with van der Waals surface area (Å²) in [7, 11) is 0.